The Kier molecular flexibility index (Phi) is 7.50. The number of amides is 2. The number of hydroxylamine groups is 1. The summed E-state index contributed by atoms with van der Waals surface area (Å²) in [5, 5.41) is 9.22. The van der Waals surface area contributed by atoms with Gasteiger partial charge in [-0.1, -0.05) is 91.0 Å². The molecule has 6 nitrogen and oxygen atoms in total. The molecule has 4 rings (SSSR count). The molecule has 0 saturated carbocycles. The maximum Gasteiger partial charge on any atom is 0.256 e. The molecule has 6 heteroatoms. The van der Waals surface area contributed by atoms with Gasteiger partial charge in [0.25, 0.3) is 5.91 Å². The maximum absolute atomic E-state index is 13.3. The first-order chi connectivity index (χ1) is 16.2. The summed E-state index contributed by atoms with van der Waals surface area (Å²) in [5.74, 6) is -1.87. The Labute approximate surface area is 194 Å². The molecule has 1 fully saturated rings. The zero-order valence-corrected chi connectivity index (χ0v) is 18.5. The van der Waals surface area contributed by atoms with Crippen molar-refractivity contribution in [2.45, 2.75) is 12.5 Å². The van der Waals surface area contributed by atoms with Crippen molar-refractivity contribution in [1.29, 1.82) is 0 Å². The molecule has 1 saturated heterocycles. The van der Waals surface area contributed by atoms with Crippen LogP contribution in [0.5, 0.6) is 0 Å². The fraction of sp³-hybridized carbons (Fsp3) is 0.259. The Morgan fingerprint density at radius 1 is 0.758 bits per heavy atom. The normalized spacial score (nSPS) is 15.3. The van der Waals surface area contributed by atoms with Gasteiger partial charge >= 0.3 is 0 Å². The van der Waals surface area contributed by atoms with Gasteiger partial charge in [-0.25, -0.2) is 5.48 Å². The summed E-state index contributed by atoms with van der Waals surface area (Å²) in [6, 6.07) is 30.3. The van der Waals surface area contributed by atoms with Crippen molar-refractivity contribution in [3.05, 3.63) is 108 Å². The molecule has 1 unspecified atom stereocenters. The fourth-order valence-corrected chi connectivity index (χ4v) is 4.53. The third-order valence-electron chi connectivity index (χ3n) is 6.23. The van der Waals surface area contributed by atoms with Gasteiger partial charge in [0.1, 0.15) is 5.92 Å². The molecule has 0 radical (unpaired) electrons. The van der Waals surface area contributed by atoms with Gasteiger partial charge in [-0.3, -0.25) is 19.7 Å². The molecule has 1 atom stereocenters. The molecule has 0 aromatic heterocycles. The summed E-state index contributed by atoms with van der Waals surface area (Å²) < 4.78 is 0. The average Bonchev–Trinajstić information content (AvgIpc) is 2.89. The lowest BCUT2D eigenvalue weighted by atomic mass is 9.95. The van der Waals surface area contributed by atoms with E-state index in [0.29, 0.717) is 26.2 Å². The topological polar surface area (TPSA) is 72.9 Å². The number of nitrogens with one attached hydrogen (secondary N) is 1. The second kappa shape index (κ2) is 10.9. The summed E-state index contributed by atoms with van der Waals surface area (Å²) in [6.45, 7) is 2.44. The Morgan fingerprint density at radius 3 is 1.73 bits per heavy atom. The largest absolute Gasteiger partial charge is 0.339 e. The van der Waals surface area contributed by atoms with Crippen LogP contribution in [0.1, 0.15) is 22.7 Å². The summed E-state index contributed by atoms with van der Waals surface area (Å²) in [6.07, 6.45) is 0.253. The number of nitrogens with zero attached hydrogens (tertiary/aromatic N) is 2. The van der Waals surface area contributed by atoms with Crippen molar-refractivity contribution in [1.82, 2.24) is 15.3 Å². The van der Waals surface area contributed by atoms with Gasteiger partial charge in [0.2, 0.25) is 5.91 Å². The minimum Gasteiger partial charge on any atom is -0.339 e. The van der Waals surface area contributed by atoms with E-state index in [4.69, 9.17) is 0 Å². The first kappa shape index (κ1) is 22.7. The van der Waals surface area contributed by atoms with E-state index in [0.717, 1.165) is 5.56 Å². The fourth-order valence-electron chi connectivity index (χ4n) is 4.53. The van der Waals surface area contributed by atoms with Crippen molar-refractivity contribution in [2.75, 3.05) is 26.2 Å². The van der Waals surface area contributed by atoms with Crippen LogP contribution in [0.4, 0.5) is 0 Å². The highest BCUT2D eigenvalue weighted by Gasteiger charge is 2.34. The van der Waals surface area contributed by atoms with E-state index in [-0.39, 0.29) is 18.4 Å². The van der Waals surface area contributed by atoms with Crippen LogP contribution in [0.15, 0.2) is 91.0 Å². The van der Waals surface area contributed by atoms with Crippen molar-refractivity contribution >= 4 is 11.8 Å². The minimum absolute atomic E-state index is 0.102. The van der Waals surface area contributed by atoms with Gasteiger partial charge in [-0.2, -0.15) is 0 Å². The molecule has 1 aliphatic rings. The highest BCUT2D eigenvalue weighted by atomic mass is 16.5. The maximum atomic E-state index is 13.3. The Morgan fingerprint density at radius 2 is 1.24 bits per heavy atom. The van der Waals surface area contributed by atoms with Crippen LogP contribution in [-0.4, -0.2) is 53.0 Å². The standard InChI is InChI=1S/C27H29N3O3/c31-26(28-33)24(20-21-10-4-1-5-11-21)27(32)30-18-16-29(17-19-30)25(22-12-6-2-7-13-22)23-14-8-3-9-15-23/h1-15,24-25,33H,16-20H2,(H,28,31). The highest BCUT2D eigenvalue weighted by Crippen LogP contribution is 2.29. The quantitative estimate of drug-likeness (QED) is 0.334. The van der Waals surface area contributed by atoms with E-state index >= 15 is 0 Å². The van der Waals surface area contributed by atoms with Crippen LogP contribution < -0.4 is 5.48 Å². The van der Waals surface area contributed by atoms with Crippen LogP contribution in [0, 0.1) is 5.92 Å². The number of rotatable bonds is 7. The molecule has 33 heavy (non-hydrogen) atoms. The molecule has 1 heterocycles. The average molecular weight is 444 g/mol. The van der Waals surface area contributed by atoms with Crippen LogP contribution in [0.3, 0.4) is 0 Å². The van der Waals surface area contributed by atoms with Gasteiger partial charge < -0.3 is 4.90 Å². The molecule has 3 aromatic rings. The van der Waals surface area contributed by atoms with E-state index in [1.807, 2.05) is 66.7 Å². The molecule has 3 aromatic carbocycles. The third kappa shape index (κ3) is 5.48. The van der Waals surface area contributed by atoms with Crippen molar-refractivity contribution in [2.24, 2.45) is 5.92 Å². The molecule has 170 valence electrons. The van der Waals surface area contributed by atoms with Crippen LogP contribution >= 0.6 is 0 Å². The van der Waals surface area contributed by atoms with Gasteiger partial charge in [-0.15, -0.1) is 0 Å². The lowest BCUT2D eigenvalue weighted by molar-refractivity contribution is -0.147. The van der Waals surface area contributed by atoms with Gasteiger partial charge in [-0.05, 0) is 23.1 Å². The van der Waals surface area contributed by atoms with Crippen molar-refractivity contribution in [3.63, 3.8) is 0 Å². The molecule has 0 aliphatic carbocycles. The van der Waals surface area contributed by atoms with E-state index in [2.05, 4.69) is 29.2 Å². The smallest absolute Gasteiger partial charge is 0.256 e. The minimum atomic E-state index is -0.956. The lowest BCUT2D eigenvalue weighted by Gasteiger charge is -2.40. The molecular weight excluding hydrogens is 414 g/mol. The van der Waals surface area contributed by atoms with Crippen LogP contribution in [0.25, 0.3) is 0 Å². The van der Waals surface area contributed by atoms with Gasteiger partial charge in [0, 0.05) is 26.2 Å². The molecular formula is C27H29N3O3. The van der Waals surface area contributed by atoms with E-state index in [9.17, 15) is 14.8 Å². The third-order valence-corrected chi connectivity index (χ3v) is 6.23. The number of hydrogen-bond donors (Lipinski definition) is 2. The van der Waals surface area contributed by atoms with Gasteiger partial charge in [0.15, 0.2) is 0 Å². The zero-order valence-electron chi connectivity index (χ0n) is 18.5. The summed E-state index contributed by atoms with van der Waals surface area (Å²) in [7, 11) is 0. The Balaban J connectivity index is 1.48. The van der Waals surface area contributed by atoms with Crippen LogP contribution in [-0.2, 0) is 16.0 Å². The zero-order chi connectivity index (χ0) is 23.0. The summed E-state index contributed by atoms with van der Waals surface area (Å²) in [4.78, 5) is 29.7. The van der Waals surface area contributed by atoms with Crippen molar-refractivity contribution < 1.29 is 14.8 Å². The predicted octanol–water partition coefficient (Wildman–Crippen LogP) is 3.28. The van der Waals surface area contributed by atoms with E-state index in [1.54, 1.807) is 10.4 Å². The highest BCUT2D eigenvalue weighted by molar-refractivity contribution is 6.00. The SMILES string of the molecule is O=C(NO)C(Cc1ccccc1)C(=O)N1CCN(C(c2ccccc2)c2ccccc2)CC1. The monoisotopic (exact) mass is 443 g/mol. The Bertz CT molecular complexity index is 996. The molecule has 2 amide bonds. The van der Waals surface area contributed by atoms with Gasteiger partial charge in [0.05, 0.1) is 6.04 Å². The van der Waals surface area contributed by atoms with E-state index in [1.165, 1.54) is 11.1 Å². The first-order valence-corrected chi connectivity index (χ1v) is 11.3. The first-order valence-electron chi connectivity index (χ1n) is 11.3. The molecule has 0 bridgehead atoms. The molecule has 0 spiro atoms. The number of benzene rings is 3. The second-order valence-electron chi connectivity index (χ2n) is 8.30. The summed E-state index contributed by atoms with van der Waals surface area (Å²) >= 11 is 0. The predicted molar refractivity (Wildman–Crippen MR) is 126 cm³/mol. The summed E-state index contributed by atoms with van der Waals surface area (Å²) in [5.41, 5.74) is 4.99. The lowest BCUT2D eigenvalue weighted by Crippen LogP contribution is -2.53. The number of carbonyl (C=O) groups excluding carboxylic acids is 2. The Hall–Kier alpha value is -3.48. The molecule has 2 N–H and O–H groups in total. The molecule has 1 aliphatic heterocycles. The number of hydrogen-bond acceptors (Lipinski definition) is 4. The van der Waals surface area contributed by atoms with Crippen molar-refractivity contribution in [3.8, 4) is 0 Å². The number of piperazine rings is 1. The second-order valence-corrected chi connectivity index (χ2v) is 8.30. The van der Waals surface area contributed by atoms with Crippen LogP contribution in [0.2, 0.25) is 0 Å². The number of carbonyl (C=O) groups is 2. The van der Waals surface area contributed by atoms with E-state index < -0.39 is 11.8 Å².